The summed E-state index contributed by atoms with van der Waals surface area (Å²) in [4.78, 5) is 26.4. The molecule has 0 aliphatic carbocycles. The van der Waals surface area contributed by atoms with E-state index in [2.05, 4.69) is 0 Å². The second-order valence-electron chi connectivity index (χ2n) is 6.02. The van der Waals surface area contributed by atoms with Crippen molar-refractivity contribution < 1.29 is 23.1 Å². The molecule has 25 heavy (non-hydrogen) atoms. The Hall–Kier alpha value is -2.76. The van der Waals surface area contributed by atoms with Gasteiger partial charge in [-0.15, -0.1) is 0 Å². The molecular weight excluding hydrogens is 328 g/mol. The number of carbonyl (C=O) groups is 2. The van der Waals surface area contributed by atoms with Gasteiger partial charge >= 0.3 is 5.97 Å². The number of amides is 1. The lowest BCUT2D eigenvalue weighted by Crippen LogP contribution is -2.44. The molecule has 1 amide bonds. The SMILES string of the molecule is COC(=O)C1CC(C)N(C(=O)c2ccc(F)cc2F)c2ccccc21. The third-order valence-electron chi connectivity index (χ3n) is 4.46. The zero-order valence-corrected chi connectivity index (χ0v) is 13.8. The van der Waals surface area contributed by atoms with E-state index in [0.717, 1.165) is 12.1 Å². The van der Waals surface area contributed by atoms with Crippen molar-refractivity contribution in [3.05, 3.63) is 65.2 Å². The summed E-state index contributed by atoms with van der Waals surface area (Å²) in [6.07, 6.45) is 0.359. The Morgan fingerprint density at radius 3 is 2.56 bits per heavy atom. The van der Waals surface area contributed by atoms with Crippen molar-refractivity contribution >= 4 is 17.6 Å². The lowest BCUT2D eigenvalue weighted by Gasteiger charge is -2.38. The molecule has 4 nitrogen and oxygen atoms in total. The zero-order valence-electron chi connectivity index (χ0n) is 13.8. The van der Waals surface area contributed by atoms with E-state index in [1.54, 1.807) is 31.2 Å². The van der Waals surface area contributed by atoms with Crippen LogP contribution in [0, 0.1) is 11.6 Å². The number of halogens is 2. The van der Waals surface area contributed by atoms with Crippen LogP contribution in [0.5, 0.6) is 0 Å². The highest BCUT2D eigenvalue weighted by Crippen LogP contribution is 2.39. The van der Waals surface area contributed by atoms with Gasteiger partial charge in [-0.3, -0.25) is 9.59 Å². The molecule has 2 unspecified atom stereocenters. The van der Waals surface area contributed by atoms with Gasteiger partial charge in [-0.1, -0.05) is 18.2 Å². The number of carbonyl (C=O) groups excluding carboxylic acids is 2. The molecule has 2 aromatic carbocycles. The number of fused-ring (bicyclic) bond motifs is 1. The van der Waals surface area contributed by atoms with Gasteiger partial charge in [-0.2, -0.15) is 0 Å². The van der Waals surface area contributed by atoms with Gasteiger partial charge in [-0.05, 0) is 37.1 Å². The van der Waals surface area contributed by atoms with Gasteiger partial charge in [0.15, 0.2) is 0 Å². The molecule has 0 radical (unpaired) electrons. The predicted molar refractivity (Wildman–Crippen MR) is 88.4 cm³/mol. The summed E-state index contributed by atoms with van der Waals surface area (Å²) in [6.45, 7) is 1.78. The maximum atomic E-state index is 14.1. The van der Waals surface area contributed by atoms with Crippen molar-refractivity contribution in [2.24, 2.45) is 0 Å². The average Bonchev–Trinajstić information content (AvgIpc) is 2.60. The lowest BCUT2D eigenvalue weighted by atomic mass is 9.85. The van der Waals surface area contributed by atoms with Crippen LogP contribution in [-0.4, -0.2) is 25.0 Å². The molecule has 0 bridgehead atoms. The molecule has 2 aromatic rings. The number of hydrogen-bond donors (Lipinski definition) is 0. The number of rotatable bonds is 2. The zero-order chi connectivity index (χ0) is 18.1. The second-order valence-corrected chi connectivity index (χ2v) is 6.02. The normalized spacial score (nSPS) is 19.3. The van der Waals surface area contributed by atoms with Gasteiger partial charge in [-0.25, -0.2) is 8.78 Å². The van der Waals surface area contributed by atoms with Crippen LogP contribution in [0.1, 0.15) is 35.2 Å². The molecule has 0 aromatic heterocycles. The Morgan fingerprint density at radius 1 is 1.16 bits per heavy atom. The maximum Gasteiger partial charge on any atom is 0.313 e. The number of esters is 1. The first kappa shape index (κ1) is 17.1. The van der Waals surface area contributed by atoms with E-state index in [1.165, 1.54) is 12.0 Å². The highest BCUT2D eigenvalue weighted by molar-refractivity contribution is 6.08. The standard InChI is InChI=1S/C19H17F2NO3/c1-11-9-15(19(24)25-2)13-5-3-4-6-17(13)22(11)18(23)14-8-7-12(20)10-16(14)21/h3-8,10-11,15H,9H2,1-2H3. The van der Waals surface area contributed by atoms with Crippen molar-refractivity contribution in [2.75, 3.05) is 12.0 Å². The number of ether oxygens (including phenoxy) is 1. The maximum absolute atomic E-state index is 14.1. The van der Waals surface area contributed by atoms with Gasteiger partial charge < -0.3 is 9.64 Å². The molecule has 1 heterocycles. The third kappa shape index (κ3) is 2.99. The fourth-order valence-electron chi connectivity index (χ4n) is 3.28. The predicted octanol–water partition coefficient (Wildman–Crippen LogP) is 3.66. The van der Waals surface area contributed by atoms with Crippen LogP contribution in [0.4, 0.5) is 14.5 Å². The molecule has 0 fully saturated rings. The average molecular weight is 345 g/mol. The van der Waals surface area contributed by atoms with Crippen molar-refractivity contribution in [1.29, 1.82) is 0 Å². The van der Waals surface area contributed by atoms with Crippen molar-refractivity contribution in [2.45, 2.75) is 25.3 Å². The topological polar surface area (TPSA) is 46.6 Å². The number of benzene rings is 2. The number of para-hydroxylation sites is 1. The lowest BCUT2D eigenvalue weighted by molar-refractivity contribution is -0.142. The minimum Gasteiger partial charge on any atom is -0.469 e. The third-order valence-corrected chi connectivity index (χ3v) is 4.46. The molecule has 0 saturated carbocycles. The highest BCUT2D eigenvalue weighted by atomic mass is 19.1. The monoisotopic (exact) mass is 345 g/mol. The molecule has 3 rings (SSSR count). The molecule has 0 saturated heterocycles. The van der Waals surface area contributed by atoms with Crippen LogP contribution in [0.2, 0.25) is 0 Å². The van der Waals surface area contributed by atoms with Crippen LogP contribution in [0.3, 0.4) is 0 Å². The fraction of sp³-hybridized carbons (Fsp3) is 0.263. The Labute approximate surface area is 144 Å². The number of hydrogen-bond acceptors (Lipinski definition) is 3. The Kier molecular flexibility index (Phi) is 4.53. The van der Waals surface area contributed by atoms with Crippen molar-refractivity contribution in [3.8, 4) is 0 Å². The van der Waals surface area contributed by atoms with Gasteiger partial charge in [0.25, 0.3) is 5.91 Å². The van der Waals surface area contributed by atoms with Crippen LogP contribution in [-0.2, 0) is 9.53 Å². The molecule has 1 aliphatic heterocycles. The van der Waals surface area contributed by atoms with E-state index >= 15 is 0 Å². The van der Waals surface area contributed by atoms with Crippen LogP contribution in [0.25, 0.3) is 0 Å². The summed E-state index contributed by atoms with van der Waals surface area (Å²) in [5.74, 6) is -3.09. The minimum atomic E-state index is -0.912. The molecule has 0 spiro atoms. The quantitative estimate of drug-likeness (QED) is 0.781. The Morgan fingerprint density at radius 2 is 1.88 bits per heavy atom. The first-order valence-corrected chi connectivity index (χ1v) is 7.89. The van der Waals surface area contributed by atoms with E-state index < -0.39 is 23.5 Å². The number of anilines is 1. The van der Waals surface area contributed by atoms with E-state index in [9.17, 15) is 18.4 Å². The summed E-state index contributed by atoms with van der Waals surface area (Å²) < 4.78 is 32.1. The van der Waals surface area contributed by atoms with Crippen molar-refractivity contribution in [1.82, 2.24) is 0 Å². The second kappa shape index (κ2) is 6.63. The molecular formula is C19H17F2NO3. The van der Waals surface area contributed by atoms with E-state index in [4.69, 9.17) is 4.74 Å². The molecule has 2 atom stereocenters. The van der Waals surface area contributed by atoms with E-state index in [-0.39, 0.29) is 17.6 Å². The Bertz CT molecular complexity index is 837. The molecule has 6 heteroatoms. The molecule has 0 N–H and O–H groups in total. The van der Waals surface area contributed by atoms with Crippen LogP contribution < -0.4 is 4.90 Å². The largest absolute Gasteiger partial charge is 0.469 e. The fourth-order valence-corrected chi connectivity index (χ4v) is 3.28. The summed E-state index contributed by atoms with van der Waals surface area (Å²) in [7, 11) is 1.32. The Balaban J connectivity index is 2.06. The molecule has 130 valence electrons. The van der Waals surface area contributed by atoms with Gasteiger partial charge in [0.05, 0.1) is 18.6 Å². The summed E-state index contributed by atoms with van der Waals surface area (Å²) in [5, 5.41) is 0. The highest BCUT2D eigenvalue weighted by Gasteiger charge is 2.38. The van der Waals surface area contributed by atoms with Crippen LogP contribution >= 0.6 is 0 Å². The van der Waals surface area contributed by atoms with Crippen LogP contribution in [0.15, 0.2) is 42.5 Å². The van der Waals surface area contributed by atoms with Gasteiger partial charge in [0.1, 0.15) is 11.6 Å². The first-order valence-electron chi connectivity index (χ1n) is 7.89. The van der Waals surface area contributed by atoms with Crippen molar-refractivity contribution in [3.63, 3.8) is 0 Å². The number of nitrogens with zero attached hydrogens (tertiary/aromatic N) is 1. The van der Waals surface area contributed by atoms with Gasteiger partial charge in [0, 0.05) is 17.8 Å². The van der Waals surface area contributed by atoms with E-state index in [0.29, 0.717) is 23.7 Å². The smallest absolute Gasteiger partial charge is 0.313 e. The summed E-state index contributed by atoms with van der Waals surface area (Å²) in [6, 6.07) is 9.49. The van der Waals surface area contributed by atoms with E-state index in [1.807, 2.05) is 0 Å². The minimum absolute atomic E-state index is 0.209. The first-order chi connectivity index (χ1) is 11.9. The summed E-state index contributed by atoms with van der Waals surface area (Å²) >= 11 is 0. The number of methoxy groups -OCH3 is 1. The molecule has 1 aliphatic rings. The van der Waals surface area contributed by atoms with Gasteiger partial charge in [0.2, 0.25) is 0 Å². The summed E-state index contributed by atoms with van der Waals surface area (Å²) in [5.41, 5.74) is 0.980.